The van der Waals surface area contributed by atoms with E-state index in [2.05, 4.69) is 142 Å². The fourth-order valence-electron chi connectivity index (χ4n) is 14.1. The van der Waals surface area contributed by atoms with E-state index in [4.69, 9.17) is 0 Å². The molecule has 0 fully saturated rings. The summed E-state index contributed by atoms with van der Waals surface area (Å²) in [6.07, 6.45) is -19.2. The number of halogens is 12. The highest BCUT2D eigenvalue weighted by Crippen LogP contribution is 2.46. The molecule has 514 valence electrons. The van der Waals surface area contributed by atoms with Crippen LogP contribution in [0.1, 0.15) is 70.8 Å². The van der Waals surface area contributed by atoms with E-state index in [-0.39, 0.29) is 22.6 Å². The molecule has 1 aromatic heterocycles. The van der Waals surface area contributed by atoms with Crippen molar-refractivity contribution in [1.29, 1.82) is 0 Å². The van der Waals surface area contributed by atoms with Crippen molar-refractivity contribution in [3.63, 3.8) is 0 Å². The van der Waals surface area contributed by atoms with Gasteiger partial charge in [-0.25, -0.2) is 0 Å². The quantitative estimate of drug-likeness (QED) is 0.114. The van der Waals surface area contributed by atoms with Gasteiger partial charge < -0.3 is 4.57 Å². The van der Waals surface area contributed by atoms with Gasteiger partial charge in [0.25, 0.3) is 0 Å². The van der Waals surface area contributed by atoms with Gasteiger partial charge in [-0.2, -0.15) is 52.7 Å². The maximum atomic E-state index is 14.1. The number of hydrogen-bond acceptors (Lipinski definition) is 0. The first-order valence-corrected chi connectivity index (χ1v) is 33.4. The van der Waals surface area contributed by atoms with E-state index in [1.54, 1.807) is 50.2 Å². The second kappa shape index (κ2) is 26.0. The maximum absolute atomic E-state index is 14.1. The molecule has 1 nitrogen and oxygen atoms in total. The summed E-state index contributed by atoms with van der Waals surface area (Å²) >= 11 is 0. The van der Waals surface area contributed by atoms with Crippen LogP contribution >= 0.6 is 0 Å². The van der Waals surface area contributed by atoms with Crippen molar-refractivity contribution in [3.05, 3.63) is 317 Å². The number of nitrogens with zero attached hydrogens (tertiary/aromatic N) is 1. The number of aromatic nitrogens is 1. The Hall–Kier alpha value is -11.2. The normalized spacial score (nSPS) is 12.4. The second-order valence-corrected chi connectivity index (χ2v) is 27.8. The predicted octanol–water partition coefficient (Wildman–Crippen LogP) is 28.1. The largest absolute Gasteiger partial charge is 0.416 e. The number of fused-ring (bicyclic) bond motifs is 3. The molecule has 0 radical (unpaired) electrons. The topological polar surface area (TPSA) is 4.93 Å². The van der Waals surface area contributed by atoms with E-state index in [9.17, 15) is 52.7 Å². The van der Waals surface area contributed by atoms with Gasteiger partial charge >= 0.3 is 24.7 Å². The zero-order valence-corrected chi connectivity index (χ0v) is 56.9. The summed E-state index contributed by atoms with van der Waals surface area (Å²) in [6, 6.07) is 78.7. The minimum atomic E-state index is -5.05. The van der Waals surface area contributed by atoms with Gasteiger partial charge in [0, 0.05) is 16.5 Å². The third kappa shape index (κ3) is 14.3. The lowest BCUT2D eigenvalue weighted by Crippen LogP contribution is -2.15. The van der Waals surface area contributed by atoms with E-state index < -0.39 is 47.0 Å². The number of alkyl halides is 12. The first kappa shape index (κ1) is 68.9. The maximum Gasteiger partial charge on any atom is 0.416 e. The van der Waals surface area contributed by atoms with Crippen molar-refractivity contribution in [2.45, 2.75) is 78.6 Å². The summed E-state index contributed by atoms with van der Waals surface area (Å²) in [5, 5.41) is 1.81. The molecule has 0 saturated heterocycles. The van der Waals surface area contributed by atoms with Gasteiger partial charge in [0.2, 0.25) is 0 Å². The lowest BCUT2D eigenvalue weighted by Gasteiger charge is -2.24. The summed E-state index contributed by atoms with van der Waals surface area (Å²) in [6.45, 7) is 13.9. The Labute approximate surface area is 588 Å². The third-order valence-electron chi connectivity index (χ3n) is 19.1. The monoisotopic (exact) mass is 1390 g/mol. The molecule has 13 aromatic carbocycles. The molecule has 0 atom stereocenters. The molecular formula is C90H65F12N. The molecule has 0 unspecified atom stereocenters. The summed E-state index contributed by atoms with van der Waals surface area (Å²) in [5.41, 5.74) is 16.1. The minimum absolute atomic E-state index is 0.0981. The van der Waals surface area contributed by atoms with Crippen LogP contribution in [0.4, 0.5) is 52.7 Å². The molecule has 0 N–H and O–H groups in total. The minimum Gasteiger partial charge on any atom is -0.309 e. The summed E-state index contributed by atoms with van der Waals surface area (Å²) in [5.74, 6) is 0. The Morgan fingerprint density at radius 1 is 0.214 bits per heavy atom. The van der Waals surface area contributed by atoms with Crippen LogP contribution in [0.15, 0.2) is 267 Å². The Balaban J connectivity index is 0.940. The van der Waals surface area contributed by atoms with Crippen molar-refractivity contribution in [3.8, 4) is 117 Å². The van der Waals surface area contributed by atoms with Crippen molar-refractivity contribution >= 4 is 21.8 Å². The average molecular weight is 1390 g/mol. The standard InChI is InChI=1S/C90H65F12N/c1-52-32-53(2)34-66(33-52)56-12-18-59(19-13-56)69-39-70(60-20-14-57(15-21-60)67-35-54(3)37-76(45-67)87(91,92)93)42-73(41-69)64-28-30-83-80(49-64)81-50-65(29-31-84(81)103(83)85-11-9-8-10-82(85)86(5,6)7)74-43-71(61-22-16-58(17-23-61)68-36-55(4)38-77(46-68)88(94,95)96)40-72(44-74)62-24-26-63(27-25-62)75-47-78(89(97,98)99)51-79(48-75)90(100,101)102/h8-51H,1-7H3. The smallest absolute Gasteiger partial charge is 0.309 e. The van der Waals surface area contributed by atoms with Gasteiger partial charge in [-0.3, -0.25) is 0 Å². The Morgan fingerprint density at radius 2 is 0.447 bits per heavy atom. The van der Waals surface area contributed by atoms with Crippen LogP contribution in [-0.2, 0) is 30.1 Å². The van der Waals surface area contributed by atoms with Gasteiger partial charge in [-0.15, -0.1) is 0 Å². The molecule has 1 heterocycles. The number of aryl methyl sites for hydroxylation is 4. The van der Waals surface area contributed by atoms with Crippen LogP contribution in [0.25, 0.3) is 139 Å². The predicted molar refractivity (Wildman–Crippen MR) is 393 cm³/mol. The van der Waals surface area contributed by atoms with Crippen LogP contribution in [0, 0.1) is 27.7 Å². The van der Waals surface area contributed by atoms with E-state index in [1.165, 1.54) is 18.2 Å². The van der Waals surface area contributed by atoms with Gasteiger partial charge in [0.05, 0.1) is 33.3 Å². The summed E-state index contributed by atoms with van der Waals surface area (Å²) in [7, 11) is 0. The molecule has 103 heavy (non-hydrogen) atoms. The highest BCUT2D eigenvalue weighted by Gasteiger charge is 2.38. The highest BCUT2D eigenvalue weighted by atomic mass is 19.4. The molecule has 0 saturated carbocycles. The van der Waals surface area contributed by atoms with E-state index in [0.717, 1.165) is 118 Å². The van der Waals surface area contributed by atoms with Crippen LogP contribution in [0.5, 0.6) is 0 Å². The van der Waals surface area contributed by atoms with Gasteiger partial charge in [0.15, 0.2) is 0 Å². The number of benzene rings is 13. The fraction of sp³-hybridized carbons (Fsp3) is 0.133. The molecule has 0 aliphatic heterocycles. The molecule has 14 rings (SSSR count). The van der Waals surface area contributed by atoms with Crippen molar-refractivity contribution in [2.24, 2.45) is 0 Å². The number of rotatable bonds is 11. The molecule has 0 spiro atoms. The number of hydrogen-bond donors (Lipinski definition) is 0. The lowest BCUT2D eigenvalue weighted by atomic mass is 9.85. The molecule has 14 aromatic rings. The molecule has 0 bridgehead atoms. The van der Waals surface area contributed by atoms with Gasteiger partial charge in [-0.05, 0) is 270 Å². The van der Waals surface area contributed by atoms with E-state index in [0.29, 0.717) is 67.8 Å². The number of para-hydroxylation sites is 1. The van der Waals surface area contributed by atoms with Crippen LogP contribution in [0.3, 0.4) is 0 Å². The fourth-order valence-corrected chi connectivity index (χ4v) is 14.1. The first-order valence-electron chi connectivity index (χ1n) is 33.4. The van der Waals surface area contributed by atoms with E-state index in [1.807, 2.05) is 72.8 Å². The van der Waals surface area contributed by atoms with Crippen LogP contribution in [-0.4, -0.2) is 4.57 Å². The lowest BCUT2D eigenvalue weighted by molar-refractivity contribution is -0.143. The second-order valence-electron chi connectivity index (χ2n) is 27.8. The highest BCUT2D eigenvalue weighted by molar-refractivity contribution is 6.12. The van der Waals surface area contributed by atoms with E-state index >= 15 is 0 Å². The molecule has 0 amide bonds. The van der Waals surface area contributed by atoms with Crippen molar-refractivity contribution < 1.29 is 52.7 Å². The Kier molecular flexibility index (Phi) is 17.4. The molecule has 0 aliphatic rings. The van der Waals surface area contributed by atoms with Crippen LogP contribution < -0.4 is 0 Å². The Bertz CT molecular complexity index is 5550. The molecular weight excluding hydrogens is 1320 g/mol. The van der Waals surface area contributed by atoms with Gasteiger partial charge in [-0.1, -0.05) is 190 Å². The van der Waals surface area contributed by atoms with Crippen LogP contribution in [0.2, 0.25) is 0 Å². The third-order valence-corrected chi connectivity index (χ3v) is 19.1. The van der Waals surface area contributed by atoms with Crippen molar-refractivity contribution in [2.75, 3.05) is 0 Å². The summed E-state index contributed by atoms with van der Waals surface area (Å²) < 4.78 is 172. The van der Waals surface area contributed by atoms with Crippen molar-refractivity contribution in [1.82, 2.24) is 4.57 Å². The SMILES string of the molecule is Cc1cc(C)cc(-c2ccc(-c3cc(-c4ccc(-c5cc(C)cc(C(F)(F)F)c5)cc4)cc(-c4ccc5c(c4)c4cc(-c6cc(-c7ccc(-c8cc(C)cc(C(F)(F)F)c8)cc7)cc(-c7ccc(-c8cc(C(F)(F)F)cc(C(F)(F)F)c8)cc7)c6)ccc4n5-c4ccccc4C(C)(C)C)c3)cc2)c1. The molecule has 13 heteroatoms. The van der Waals surface area contributed by atoms with Gasteiger partial charge in [0.1, 0.15) is 0 Å². The molecule has 0 aliphatic carbocycles. The average Bonchev–Trinajstić information content (AvgIpc) is 1.58. The summed E-state index contributed by atoms with van der Waals surface area (Å²) in [4.78, 5) is 0. The zero-order valence-electron chi connectivity index (χ0n) is 56.9. The zero-order chi connectivity index (χ0) is 72.8. The first-order chi connectivity index (χ1) is 48.7. The Morgan fingerprint density at radius 3 is 0.738 bits per heavy atom.